The Morgan fingerprint density at radius 2 is 2.00 bits per heavy atom. The van der Waals surface area contributed by atoms with Crippen LogP contribution in [-0.4, -0.2) is 30.7 Å². The maximum absolute atomic E-state index is 8.68. The number of ether oxygens (including phenoxy) is 1. The van der Waals surface area contributed by atoms with Gasteiger partial charge >= 0.3 is 0 Å². The standard InChI is InChI=1S/C15H25N3O2/c1-15(2,14(16)18-19)9-6-10-17-11-12-20-13-7-4-3-5-8-13/h3-5,7-8,17,19H,6,9-12H2,1-2H3,(H2,16,18). The van der Waals surface area contributed by atoms with E-state index < -0.39 is 0 Å². The Morgan fingerprint density at radius 3 is 2.65 bits per heavy atom. The van der Waals surface area contributed by atoms with Crippen LogP contribution in [-0.2, 0) is 0 Å². The van der Waals surface area contributed by atoms with Crippen LogP contribution in [0.5, 0.6) is 5.75 Å². The van der Waals surface area contributed by atoms with Crippen molar-refractivity contribution in [2.24, 2.45) is 16.3 Å². The SMILES string of the molecule is CC(C)(CCCNCCOc1ccccc1)C(N)=NO. The van der Waals surface area contributed by atoms with Crippen LogP contribution < -0.4 is 15.8 Å². The number of nitrogens with zero attached hydrogens (tertiary/aromatic N) is 1. The van der Waals surface area contributed by atoms with Gasteiger partial charge in [0.05, 0.1) is 0 Å². The Balaban J connectivity index is 2.06. The molecule has 0 bridgehead atoms. The van der Waals surface area contributed by atoms with Gasteiger partial charge in [0, 0.05) is 12.0 Å². The van der Waals surface area contributed by atoms with E-state index in [0.29, 0.717) is 6.61 Å². The van der Waals surface area contributed by atoms with Gasteiger partial charge in [0.1, 0.15) is 18.2 Å². The van der Waals surface area contributed by atoms with Crippen molar-refractivity contribution in [2.45, 2.75) is 26.7 Å². The van der Waals surface area contributed by atoms with E-state index in [1.165, 1.54) is 0 Å². The number of nitrogens with two attached hydrogens (primary N) is 1. The summed E-state index contributed by atoms with van der Waals surface area (Å²) in [5.41, 5.74) is 5.37. The highest BCUT2D eigenvalue weighted by atomic mass is 16.5. The van der Waals surface area contributed by atoms with E-state index in [0.717, 1.165) is 31.7 Å². The first kappa shape index (κ1) is 16.3. The number of hydrogen-bond acceptors (Lipinski definition) is 4. The molecule has 5 heteroatoms. The Bertz CT molecular complexity index is 405. The van der Waals surface area contributed by atoms with E-state index in [1.54, 1.807) is 0 Å². The lowest BCUT2D eigenvalue weighted by Crippen LogP contribution is -2.33. The molecule has 0 unspecified atom stereocenters. The first-order chi connectivity index (χ1) is 9.56. The monoisotopic (exact) mass is 279 g/mol. The molecule has 5 nitrogen and oxygen atoms in total. The lowest BCUT2D eigenvalue weighted by atomic mass is 9.86. The average Bonchev–Trinajstić information content (AvgIpc) is 2.46. The topological polar surface area (TPSA) is 79.9 Å². The average molecular weight is 279 g/mol. The van der Waals surface area contributed by atoms with E-state index in [2.05, 4.69) is 10.5 Å². The molecule has 0 saturated heterocycles. The van der Waals surface area contributed by atoms with Crippen molar-refractivity contribution in [3.8, 4) is 5.75 Å². The molecule has 0 atom stereocenters. The van der Waals surface area contributed by atoms with E-state index in [-0.39, 0.29) is 11.3 Å². The Kier molecular flexibility index (Phi) is 6.87. The van der Waals surface area contributed by atoms with Crippen LogP contribution in [0.1, 0.15) is 26.7 Å². The van der Waals surface area contributed by atoms with E-state index >= 15 is 0 Å². The maximum Gasteiger partial charge on any atom is 0.144 e. The molecule has 112 valence electrons. The summed E-state index contributed by atoms with van der Waals surface area (Å²) in [4.78, 5) is 0. The Morgan fingerprint density at radius 1 is 1.30 bits per heavy atom. The maximum atomic E-state index is 8.68. The van der Waals surface area contributed by atoms with Crippen molar-refractivity contribution in [1.82, 2.24) is 5.32 Å². The first-order valence-corrected chi connectivity index (χ1v) is 6.93. The quantitative estimate of drug-likeness (QED) is 0.213. The molecule has 0 fully saturated rings. The lowest BCUT2D eigenvalue weighted by Gasteiger charge is -2.22. The molecule has 0 aromatic heterocycles. The zero-order chi connectivity index (χ0) is 14.8. The van der Waals surface area contributed by atoms with Crippen LogP contribution in [0.25, 0.3) is 0 Å². The van der Waals surface area contributed by atoms with Gasteiger partial charge in [-0.15, -0.1) is 0 Å². The number of amidine groups is 1. The molecule has 0 amide bonds. The van der Waals surface area contributed by atoms with Crippen molar-refractivity contribution in [3.05, 3.63) is 30.3 Å². The fraction of sp³-hybridized carbons (Fsp3) is 0.533. The summed E-state index contributed by atoms with van der Waals surface area (Å²) in [7, 11) is 0. The molecule has 1 aromatic carbocycles. The van der Waals surface area contributed by atoms with Crippen LogP contribution in [0.4, 0.5) is 0 Å². The normalized spacial score (nSPS) is 12.4. The summed E-state index contributed by atoms with van der Waals surface area (Å²) in [5, 5.41) is 15.1. The fourth-order valence-corrected chi connectivity index (χ4v) is 1.80. The third kappa shape index (κ3) is 5.93. The van der Waals surface area contributed by atoms with E-state index in [4.69, 9.17) is 15.7 Å². The summed E-state index contributed by atoms with van der Waals surface area (Å²) in [6.07, 6.45) is 1.84. The molecule has 4 N–H and O–H groups in total. The predicted molar refractivity (Wildman–Crippen MR) is 81.2 cm³/mol. The number of nitrogens with one attached hydrogen (secondary N) is 1. The number of rotatable bonds is 9. The minimum absolute atomic E-state index is 0.267. The molecule has 20 heavy (non-hydrogen) atoms. The molecule has 0 spiro atoms. The van der Waals surface area contributed by atoms with Crippen LogP contribution in [0.15, 0.2) is 35.5 Å². The third-order valence-electron chi connectivity index (χ3n) is 3.25. The summed E-state index contributed by atoms with van der Waals surface area (Å²) in [6, 6.07) is 9.77. The molecular formula is C15H25N3O2. The molecule has 0 aliphatic carbocycles. The highest BCUT2D eigenvalue weighted by Gasteiger charge is 2.22. The lowest BCUT2D eigenvalue weighted by molar-refractivity contribution is 0.302. The minimum Gasteiger partial charge on any atom is -0.492 e. The van der Waals surface area contributed by atoms with Crippen LogP contribution in [0, 0.1) is 5.41 Å². The number of oxime groups is 1. The highest BCUT2D eigenvalue weighted by molar-refractivity contribution is 5.85. The van der Waals surface area contributed by atoms with Gasteiger partial charge in [-0.25, -0.2) is 0 Å². The molecule has 0 saturated carbocycles. The number of para-hydroxylation sites is 1. The van der Waals surface area contributed by atoms with Crippen molar-refractivity contribution in [1.29, 1.82) is 0 Å². The summed E-state index contributed by atoms with van der Waals surface area (Å²) in [5.74, 6) is 1.17. The van der Waals surface area contributed by atoms with Crippen molar-refractivity contribution >= 4 is 5.84 Å². The third-order valence-corrected chi connectivity index (χ3v) is 3.25. The second-order valence-electron chi connectivity index (χ2n) is 5.38. The molecule has 1 rings (SSSR count). The van der Waals surface area contributed by atoms with Gasteiger partial charge in [-0.3, -0.25) is 0 Å². The van der Waals surface area contributed by atoms with Gasteiger partial charge < -0.3 is 21.0 Å². The molecule has 0 heterocycles. The Labute approximate surface area is 120 Å². The largest absolute Gasteiger partial charge is 0.492 e. The second kappa shape index (κ2) is 8.43. The van der Waals surface area contributed by atoms with Gasteiger partial charge in [-0.05, 0) is 31.5 Å². The molecule has 1 aromatic rings. The highest BCUT2D eigenvalue weighted by Crippen LogP contribution is 2.21. The zero-order valence-corrected chi connectivity index (χ0v) is 12.3. The van der Waals surface area contributed by atoms with Crippen LogP contribution in [0.2, 0.25) is 0 Å². The van der Waals surface area contributed by atoms with Crippen molar-refractivity contribution < 1.29 is 9.94 Å². The number of hydrogen-bond donors (Lipinski definition) is 3. The van der Waals surface area contributed by atoms with Gasteiger partial charge in [0.25, 0.3) is 0 Å². The summed E-state index contributed by atoms with van der Waals surface area (Å²) < 4.78 is 5.57. The van der Waals surface area contributed by atoms with Gasteiger partial charge in [-0.2, -0.15) is 0 Å². The first-order valence-electron chi connectivity index (χ1n) is 6.93. The Hall–Kier alpha value is -1.75. The second-order valence-corrected chi connectivity index (χ2v) is 5.38. The molecule has 0 aliphatic rings. The smallest absolute Gasteiger partial charge is 0.144 e. The van der Waals surface area contributed by atoms with Crippen LogP contribution >= 0.6 is 0 Å². The summed E-state index contributed by atoms with van der Waals surface area (Å²) >= 11 is 0. The van der Waals surface area contributed by atoms with E-state index in [9.17, 15) is 0 Å². The van der Waals surface area contributed by atoms with Gasteiger partial charge in [-0.1, -0.05) is 37.2 Å². The van der Waals surface area contributed by atoms with Crippen molar-refractivity contribution in [3.63, 3.8) is 0 Å². The fourth-order valence-electron chi connectivity index (χ4n) is 1.80. The number of benzene rings is 1. The minimum atomic E-state index is -0.267. The van der Waals surface area contributed by atoms with Crippen molar-refractivity contribution in [2.75, 3.05) is 19.7 Å². The zero-order valence-electron chi connectivity index (χ0n) is 12.3. The molecule has 0 radical (unpaired) electrons. The van der Waals surface area contributed by atoms with E-state index in [1.807, 2.05) is 44.2 Å². The van der Waals surface area contributed by atoms with Crippen LogP contribution in [0.3, 0.4) is 0 Å². The summed E-state index contributed by atoms with van der Waals surface area (Å²) in [6.45, 7) is 6.29. The predicted octanol–water partition coefficient (Wildman–Crippen LogP) is 2.21. The molecule has 0 aliphatic heterocycles. The van der Waals surface area contributed by atoms with Gasteiger partial charge in [0.15, 0.2) is 0 Å². The molecular weight excluding hydrogens is 254 g/mol. The van der Waals surface area contributed by atoms with Gasteiger partial charge in [0.2, 0.25) is 0 Å².